The van der Waals surface area contributed by atoms with Gasteiger partial charge in [0.2, 0.25) is 5.91 Å². The smallest absolute Gasteiger partial charge is 0.338 e. The van der Waals surface area contributed by atoms with Crippen LogP contribution in [-0.4, -0.2) is 33.2 Å². The number of aromatic nitrogens is 3. The molecule has 0 bridgehead atoms. The highest BCUT2D eigenvalue weighted by Crippen LogP contribution is 2.19. The molecule has 0 aliphatic carbocycles. The van der Waals surface area contributed by atoms with E-state index in [4.69, 9.17) is 9.26 Å². The molecule has 0 radical (unpaired) electrons. The van der Waals surface area contributed by atoms with Gasteiger partial charge < -0.3 is 14.6 Å². The zero-order valence-electron chi connectivity index (χ0n) is 16.7. The fourth-order valence-electron chi connectivity index (χ4n) is 3.13. The quantitative estimate of drug-likeness (QED) is 0.635. The van der Waals surface area contributed by atoms with Crippen LogP contribution in [0.5, 0.6) is 0 Å². The topological polar surface area (TPSA) is 116 Å². The number of carbonyl (C=O) groups excluding carboxylic acids is 2. The fraction of sp³-hybridized carbons (Fsp3) is 0.350. The molecule has 0 saturated heterocycles. The molecule has 152 valence electrons. The van der Waals surface area contributed by atoms with Crippen molar-refractivity contribution in [2.75, 3.05) is 11.9 Å². The number of amides is 1. The summed E-state index contributed by atoms with van der Waals surface area (Å²) in [6, 6.07) is 5.59. The molecule has 0 saturated carbocycles. The minimum Gasteiger partial charge on any atom is -0.462 e. The van der Waals surface area contributed by atoms with E-state index in [-0.39, 0.29) is 29.2 Å². The molecule has 1 unspecified atom stereocenters. The molecule has 9 nitrogen and oxygen atoms in total. The van der Waals surface area contributed by atoms with E-state index >= 15 is 0 Å². The lowest BCUT2D eigenvalue weighted by Gasteiger charge is -2.19. The van der Waals surface area contributed by atoms with E-state index < -0.39 is 12.0 Å². The number of carbonyl (C=O) groups is 2. The van der Waals surface area contributed by atoms with E-state index in [1.165, 1.54) is 4.57 Å². The van der Waals surface area contributed by atoms with Gasteiger partial charge in [0, 0.05) is 5.69 Å². The Morgan fingerprint density at radius 3 is 2.52 bits per heavy atom. The second-order valence-electron chi connectivity index (χ2n) is 6.49. The number of rotatable bonds is 6. The largest absolute Gasteiger partial charge is 0.462 e. The van der Waals surface area contributed by atoms with Gasteiger partial charge in [0.15, 0.2) is 0 Å². The Balaban J connectivity index is 1.88. The third-order valence-electron chi connectivity index (χ3n) is 4.55. The zero-order chi connectivity index (χ0) is 21.1. The zero-order valence-corrected chi connectivity index (χ0v) is 16.7. The van der Waals surface area contributed by atoms with Crippen molar-refractivity contribution in [2.45, 2.75) is 40.2 Å². The van der Waals surface area contributed by atoms with Crippen molar-refractivity contribution in [1.82, 2.24) is 14.7 Å². The van der Waals surface area contributed by atoms with Gasteiger partial charge in [0.1, 0.15) is 17.3 Å². The highest BCUT2D eigenvalue weighted by Gasteiger charge is 2.25. The van der Waals surface area contributed by atoms with Crippen molar-refractivity contribution in [1.29, 1.82) is 0 Å². The van der Waals surface area contributed by atoms with Gasteiger partial charge in [-0.05, 0) is 51.5 Å². The van der Waals surface area contributed by atoms with Crippen LogP contribution in [0.15, 0.2) is 33.6 Å². The molecule has 2 heterocycles. The predicted molar refractivity (Wildman–Crippen MR) is 106 cm³/mol. The Labute approximate surface area is 166 Å². The van der Waals surface area contributed by atoms with Crippen molar-refractivity contribution in [2.24, 2.45) is 0 Å². The summed E-state index contributed by atoms with van der Waals surface area (Å²) >= 11 is 0. The maximum atomic E-state index is 13.0. The van der Waals surface area contributed by atoms with Crippen molar-refractivity contribution in [3.05, 3.63) is 51.7 Å². The third-order valence-corrected chi connectivity index (χ3v) is 4.55. The summed E-state index contributed by atoms with van der Waals surface area (Å²) in [4.78, 5) is 41.9. The summed E-state index contributed by atoms with van der Waals surface area (Å²) in [5, 5.41) is 6.83. The molecule has 1 N–H and O–H groups in total. The van der Waals surface area contributed by atoms with E-state index in [2.05, 4.69) is 15.5 Å². The molecule has 9 heteroatoms. The number of hydrogen-bond acceptors (Lipinski definition) is 7. The summed E-state index contributed by atoms with van der Waals surface area (Å²) in [6.07, 6.45) is 0.380. The second kappa shape index (κ2) is 8.26. The average Bonchev–Trinajstić information content (AvgIpc) is 3.06. The van der Waals surface area contributed by atoms with Gasteiger partial charge in [-0.3, -0.25) is 14.2 Å². The Morgan fingerprint density at radius 2 is 1.90 bits per heavy atom. The number of nitrogens with one attached hydrogen (secondary N) is 1. The Bertz CT molecular complexity index is 1110. The molecule has 0 spiro atoms. The van der Waals surface area contributed by atoms with Gasteiger partial charge in [0.05, 0.1) is 17.9 Å². The highest BCUT2D eigenvalue weighted by molar-refractivity contribution is 5.95. The maximum absolute atomic E-state index is 13.0. The summed E-state index contributed by atoms with van der Waals surface area (Å²) in [6.45, 7) is 7.12. The minimum atomic E-state index is -0.765. The SMILES string of the molecule is CCOC(=O)c1ccc(NC(=O)C(CC)n2c(C)nc3onc(C)c3c2=O)cc1. The van der Waals surface area contributed by atoms with Crippen molar-refractivity contribution in [3.8, 4) is 0 Å². The van der Waals surface area contributed by atoms with Crippen LogP contribution in [0.25, 0.3) is 11.1 Å². The van der Waals surface area contributed by atoms with Crippen LogP contribution in [0.4, 0.5) is 5.69 Å². The second-order valence-corrected chi connectivity index (χ2v) is 6.49. The molecule has 1 aromatic carbocycles. The lowest BCUT2D eigenvalue weighted by atomic mass is 10.1. The van der Waals surface area contributed by atoms with E-state index in [9.17, 15) is 14.4 Å². The van der Waals surface area contributed by atoms with Crippen LogP contribution in [0, 0.1) is 13.8 Å². The molecule has 0 aliphatic rings. The fourth-order valence-corrected chi connectivity index (χ4v) is 3.13. The van der Waals surface area contributed by atoms with Crippen LogP contribution in [-0.2, 0) is 9.53 Å². The standard InChI is InChI=1S/C20H22N4O5/c1-5-15(24-12(4)21-18-16(19(24)26)11(3)23-29-18)17(25)22-14-9-7-13(8-10-14)20(27)28-6-2/h7-10,15H,5-6H2,1-4H3,(H,22,25). The van der Waals surface area contributed by atoms with E-state index in [1.54, 1.807) is 45.0 Å². The minimum absolute atomic E-state index is 0.158. The normalized spacial score (nSPS) is 12.0. The number of aryl methyl sites for hydroxylation is 2. The Kier molecular flexibility index (Phi) is 5.76. The molecule has 2 aromatic heterocycles. The number of benzene rings is 1. The van der Waals surface area contributed by atoms with Crippen LogP contribution in [0.2, 0.25) is 0 Å². The molecular weight excluding hydrogens is 376 g/mol. The molecular formula is C20H22N4O5. The number of hydrogen-bond donors (Lipinski definition) is 1. The lowest BCUT2D eigenvalue weighted by molar-refractivity contribution is -0.119. The summed E-state index contributed by atoms with van der Waals surface area (Å²) in [5.74, 6) is -0.433. The van der Waals surface area contributed by atoms with Crippen molar-refractivity contribution < 1.29 is 18.8 Å². The van der Waals surface area contributed by atoms with Gasteiger partial charge in [-0.25, -0.2) is 4.79 Å². The average molecular weight is 398 g/mol. The van der Waals surface area contributed by atoms with Crippen LogP contribution in [0.3, 0.4) is 0 Å². The molecule has 0 aliphatic heterocycles. The van der Waals surface area contributed by atoms with Crippen LogP contribution in [0.1, 0.15) is 48.2 Å². The molecule has 3 aromatic rings. The first kappa shape index (κ1) is 20.2. The van der Waals surface area contributed by atoms with Crippen LogP contribution < -0.4 is 10.9 Å². The number of nitrogens with zero attached hydrogens (tertiary/aromatic N) is 3. The van der Waals surface area contributed by atoms with E-state index in [1.807, 2.05) is 6.92 Å². The maximum Gasteiger partial charge on any atom is 0.338 e. The number of ether oxygens (including phenoxy) is 1. The lowest BCUT2D eigenvalue weighted by Crippen LogP contribution is -2.35. The van der Waals surface area contributed by atoms with Gasteiger partial charge in [0.25, 0.3) is 11.3 Å². The first-order valence-electron chi connectivity index (χ1n) is 9.30. The van der Waals surface area contributed by atoms with Crippen molar-refractivity contribution >= 4 is 28.7 Å². The monoisotopic (exact) mass is 398 g/mol. The summed E-state index contributed by atoms with van der Waals surface area (Å²) < 4.78 is 11.4. The van der Waals surface area contributed by atoms with Gasteiger partial charge in [-0.15, -0.1) is 0 Å². The van der Waals surface area contributed by atoms with Gasteiger partial charge in [-0.1, -0.05) is 12.1 Å². The summed E-state index contributed by atoms with van der Waals surface area (Å²) in [7, 11) is 0. The van der Waals surface area contributed by atoms with Crippen LogP contribution >= 0.6 is 0 Å². The molecule has 1 amide bonds. The highest BCUT2D eigenvalue weighted by atomic mass is 16.5. The van der Waals surface area contributed by atoms with E-state index in [0.29, 0.717) is 29.2 Å². The predicted octanol–water partition coefficient (Wildman–Crippen LogP) is 2.77. The number of esters is 1. The van der Waals surface area contributed by atoms with Gasteiger partial charge in [-0.2, -0.15) is 4.98 Å². The van der Waals surface area contributed by atoms with E-state index in [0.717, 1.165) is 0 Å². The molecule has 3 rings (SSSR count). The number of fused-ring (bicyclic) bond motifs is 1. The number of anilines is 1. The summed E-state index contributed by atoms with van der Waals surface area (Å²) in [5.41, 5.74) is 1.11. The molecule has 0 fully saturated rings. The first-order valence-corrected chi connectivity index (χ1v) is 9.30. The van der Waals surface area contributed by atoms with Crippen molar-refractivity contribution in [3.63, 3.8) is 0 Å². The Hall–Kier alpha value is -3.49. The first-order chi connectivity index (χ1) is 13.9. The Morgan fingerprint density at radius 1 is 1.21 bits per heavy atom. The molecule has 29 heavy (non-hydrogen) atoms. The van der Waals surface area contributed by atoms with Gasteiger partial charge >= 0.3 is 5.97 Å². The third kappa shape index (κ3) is 3.89. The molecule has 1 atom stereocenters.